The van der Waals surface area contributed by atoms with Gasteiger partial charge in [0.1, 0.15) is 0 Å². The Labute approximate surface area is 138 Å². The van der Waals surface area contributed by atoms with Crippen molar-refractivity contribution in [1.29, 1.82) is 0 Å². The van der Waals surface area contributed by atoms with Crippen LogP contribution in [0.15, 0.2) is 22.7 Å². The number of nitrogens with zero attached hydrogens (tertiary/aromatic N) is 2. The van der Waals surface area contributed by atoms with Crippen LogP contribution in [-0.2, 0) is 6.54 Å². The maximum atomic E-state index is 12.0. The molecule has 1 aliphatic heterocycles. The maximum absolute atomic E-state index is 12.0. The molecule has 2 amide bonds. The van der Waals surface area contributed by atoms with Gasteiger partial charge in [0.2, 0.25) is 12.7 Å². The lowest BCUT2D eigenvalue weighted by atomic mass is 10.1. The van der Waals surface area contributed by atoms with Crippen LogP contribution in [0.4, 0.5) is 4.79 Å². The third-order valence-corrected chi connectivity index (χ3v) is 4.07. The van der Waals surface area contributed by atoms with Crippen molar-refractivity contribution in [3.63, 3.8) is 0 Å². The van der Waals surface area contributed by atoms with Gasteiger partial charge in [-0.1, -0.05) is 11.2 Å². The van der Waals surface area contributed by atoms with Crippen LogP contribution in [0.5, 0.6) is 11.5 Å². The molecular formula is C16H18N4O4. The van der Waals surface area contributed by atoms with Gasteiger partial charge < -0.3 is 24.6 Å². The summed E-state index contributed by atoms with van der Waals surface area (Å²) in [7, 11) is 0. The largest absolute Gasteiger partial charge is 0.454 e. The highest BCUT2D eigenvalue weighted by Gasteiger charge is 2.28. The van der Waals surface area contributed by atoms with Crippen LogP contribution >= 0.6 is 0 Å². The van der Waals surface area contributed by atoms with Gasteiger partial charge in [0.05, 0.1) is 12.6 Å². The highest BCUT2D eigenvalue weighted by molar-refractivity contribution is 5.74. The molecule has 0 bridgehead atoms. The average molecular weight is 330 g/mol. The van der Waals surface area contributed by atoms with Crippen molar-refractivity contribution in [2.45, 2.75) is 38.3 Å². The summed E-state index contributed by atoms with van der Waals surface area (Å²) in [5, 5.41) is 9.50. The SMILES string of the molecule is C[C@H](NC(=O)NCc1nc(C2CC2)no1)c1ccc2c(c1)OCO2. The van der Waals surface area contributed by atoms with Gasteiger partial charge in [-0.05, 0) is 37.5 Å². The topological polar surface area (TPSA) is 98.5 Å². The fourth-order valence-corrected chi connectivity index (χ4v) is 2.52. The third-order valence-electron chi connectivity index (χ3n) is 4.07. The van der Waals surface area contributed by atoms with Gasteiger partial charge in [0.25, 0.3) is 0 Å². The Bertz CT molecular complexity index is 756. The Morgan fingerprint density at radius 1 is 1.33 bits per heavy atom. The monoisotopic (exact) mass is 330 g/mol. The van der Waals surface area contributed by atoms with E-state index in [-0.39, 0.29) is 25.4 Å². The van der Waals surface area contributed by atoms with E-state index in [9.17, 15) is 4.79 Å². The van der Waals surface area contributed by atoms with Crippen molar-refractivity contribution in [1.82, 2.24) is 20.8 Å². The Balaban J connectivity index is 1.30. The summed E-state index contributed by atoms with van der Waals surface area (Å²) in [6, 6.07) is 5.13. The van der Waals surface area contributed by atoms with Crippen LogP contribution in [0.25, 0.3) is 0 Å². The summed E-state index contributed by atoms with van der Waals surface area (Å²) in [6.45, 7) is 2.34. The van der Waals surface area contributed by atoms with E-state index in [4.69, 9.17) is 14.0 Å². The van der Waals surface area contributed by atoms with Gasteiger partial charge in [0, 0.05) is 5.92 Å². The summed E-state index contributed by atoms with van der Waals surface area (Å²) >= 11 is 0. The maximum Gasteiger partial charge on any atom is 0.315 e. The number of ether oxygens (including phenoxy) is 2. The van der Waals surface area contributed by atoms with E-state index in [0.717, 1.165) is 30.0 Å². The Kier molecular flexibility index (Phi) is 3.72. The van der Waals surface area contributed by atoms with Crippen molar-refractivity contribution in [3.05, 3.63) is 35.5 Å². The molecule has 1 saturated carbocycles. The zero-order chi connectivity index (χ0) is 16.5. The first-order valence-electron chi connectivity index (χ1n) is 7.95. The van der Waals surface area contributed by atoms with Crippen molar-refractivity contribution < 1.29 is 18.8 Å². The molecule has 126 valence electrons. The molecular weight excluding hydrogens is 312 g/mol. The normalized spacial score (nSPS) is 16.7. The smallest absolute Gasteiger partial charge is 0.315 e. The van der Waals surface area contributed by atoms with Crippen molar-refractivity contribution in [3.8, 4) is 11.5 Å². The molecule has 1 atom stereocenters. The molecule has 1 aliphatic carbocycles. The van der Waals surface area contributed by atoms with Crippen molar-refractivity contribution >= 4 is 6.03 Å². The van der Waals surface area contributed by atoms with Crippen LogP contribution < -0.4 is 20.1 Å². The van der Waals surface area contributed by atoms with Gasteiger partial charge in [-0.25, -0.2) is 4.79 Å². The van der Waals surface area contributed by atoms with Crippen LogP contribution in [0.2, 0.25) is 0 Å². The zero-order valence-corrected chi connectivity index (χ0v) is 13.2. The summed E-state index contributed by atoms with van der Waals surface area (Å²) < 4.78 is 15.8. The molecule has 4 rings (SSSR count). The predicted molar refractivity (Wildman–Crippen MR) is 82.6 cm³/mol. The first-order valence-corrected chi connectivity index (χ1v) is 7.95. The number of carbonyl (C=O) groups is 1. The molecule has 1 aromatic carbocycles. The summed E-state index contributed by atoms with van der Waals surface area (Å²) in [6.07, 6.45) is 2.22. The summed E-state index contributed by atoms with van der Waals surface area (Å²) in [5.74, 6) is 3.00. The van der Waals surface area contributed by atoms with Gasteiger partial charge in [-0.15, -0.1) is 0 Å². The lowest BCUT2D eigenvalue weighted by Crippen LogP contribution is -2.36. The van der Waals surface area contributed by atoms with Crippen LogP contribution in [0, 0.1) is 0 Å². The standard InChI is InChI=1S/C16H18N4O4/c1-9(11-4-5-12-13(6-11)23-8-22-12)18-16(21)17-7-14-19-15(20-24-14)10-2-3-10/h4-6,9-10H,2-3,7-8H2,1H3,(H2,17,18,21)/t9-/m0/s1. The Morgan fingerprint density at radius 3 is 3.00 bits per heavy atom. The van der Waals surface area contributed by atoms with E-state index in [0.29, 0.717) is 17.6 Å². The van der Waals surface area contributed by atoms with E-state index in [1.165, 1.54) is 0 Å². The lowest BCUT2D eigenvalue weighted by molar-refractivity contribution is 0.174. The number of fused-ring (bicyclic) bond motifs is 1. The number of benzene rings is 1. The molecule has 0 spiro atoms. The second-order valence-corrected chi connectivity index (χ2v) is 5.98. The van der Waals surface area contributed by atoms with Gasteiger partial charge in [0.15, 0.2) is 17.3 Å². The van der Waals surface area contributed by atoms with Crippen molar-refractivity contribution in [2.24, 2.45) is 0 Å². The molecule has 2 N–H and O–H groups in total. The number of hydrogen-bond donors (Lipinski definition) is 2. The number of aromatic nitrogens is 2. The molecule has 0 unspecified atom stereocenters. The first-order chi connectivity index (χ1) is 11.7. The minimum absolute atomic E-state index is 0.177. The third kappa shape index (κ3) is 3.12. The number of rotatable bonds is 5. The average Bonchev–Trinajstić information content (AvgIpc) is 3.14. The molecule has 0 radical (unpaired) electrons. The van der Waals surface area contributed by atoms with E-state index in [1.807, 2.05) is 25.1 Å². The Morgan fingerprint density at radius 2 is 2.17 bits per heavy atom. The molecule has 8 heteroatoms. The number of nitrogens with one attached hydrogen (secondary N) is 2. The Hall–Kier alpha value is -2.77. The number of hydrogen-bond acceptors (Lipinski definition) is 6. The van der Waals surface area contributed by atoms with Crippen molar-refractivity contribution in [2.75, 3.05) is 6.79 Å². The summed E-state index contributed by atoms with van der Waals surface area (Å²) in [5.41, 5.74) is 0.934. The van der Waals surface area contributed by atoms with E-state index in [1.54, 1.807) is 0 Å². The van der Waals surface area contributed by atoms with E-state index >= 15 is 0 Å². The lowest BCUT2D eigenvalue weighted by Gasteiger charge is -2.15. The molecule has 2 heterocycles. The minimum Gasteiger partial charge on any atom is -0.454 e. The molecule has 0 saturated heterocycles. The molecule has 1 aromatic heterocycles. The van der Waals surface area contributed by atoms with E-state index < -0.39 is 0 Å². The van der Waals surface area contributed by atoms with Gasteiger partial charge in [-0.2, -0.15) is 4.98 Å². The molecule has 2 aliphatic rings. The van der Waals surface area contributed by atoms with E-state index in [2.05, 4.69) is 20.8 Å². The number of urea groups is 1. The molecule has 24 heavy (non-hydrogen) atoms. The minimum atomic E-state index is -0.300. The summed E-state index contributed by atoms with van der Waals surface area (Å²) in [4.78, 5) is 16.3. The number of carbonyl (C=O) groups excluding carboxylic acids is 1. The highest BCUT2D eigenvalue weighted by Crippen LogP contribution is 2.38. The fourth-order valence-electron chi connectivity index (χ4n) is 2.52. The van der Waals surface area contributed by atoms with Crippen LogP contribution in [-0.4, -0.2) is 23.0 Å². The second kappa shape index (κ2) is 6.03. The molecule has 2 aromatic rings. The molecule has 1 fully saturated rings. The zero-order valence-electron chi connectivity index (χ0n) is 13.2. The van der Waals surface area contributed by atoms with Gasteiger partial charge in [-0.3, -0.25) is 0 Å². The highest BCUT2D eigenvalue weighted by atomic mass is 16.7. The predicted octanol–water partition coefficient (Wildman–Crippen LogP) is 2.24. The van der Waals surface area contributed by atoms with Gasteiger partial charge >= 0.3 is 6.03 Å². The fraction of sp³-hybridized carbons (Fsp3) is 0.438. The molecule has 8 nitrogen and oxygen atoms in total. The van der Waals surface area contributed by atoms with Crippen LogP contribution in [0.1, 0.15) is 49.0 Å². The first kappa shape index (κ1) is 14.8. The quantitative estimate of drug-likeness (QED) is 0.872. The second-order valence-electron chi connectivity index (χ2n) is 5.98. The van der Waals surface area contributed by atoms with Crippen LogP contribution in [0.3, 0.4) is 0 Å². The number of amides is 2.